The molecule has 0 amide bonds. The van der Waals surface area contributed by atoms with Crippen molar-refractivity contribution < 1.29 is 4.42 Å². The molecule has 2 heterocycles. The van der Waals surface area contributed by atoms with Crippen LogP contribution in [0.25, 0.3) is 0 Å². The number of nitrogens with two attached hydrogens (primary N) is 1. The fourth-order valence-corrected chi connectivity index (χ4v) is 3.40. The van der Waals surface area contributed by atoms with Crippen LogP contribution in [0.15, 0.2) is 16.5 Å². The monoisotopic (exact) mass is 248 g/mol. The van der Waals surface area contributed by atoms with Crippen molar-refractivity contribution >= 4 is 0 Å². The lowest BCUT2D eigenvalue weighted by atomic mass is 9.88. The van der Waals surface area contributed by atoms with Crippen molar-refractivity contribution in [2.24, 2.45) is 17.6 Å². The van der Waals surface area contributed by atoms with Gasteiger partial charge in [-0.2, -0.15) is 0 Å². The predicted octanol–water partition coefficient (Wildman–Crippen LogP) is 2.74. The van der Waals surface area contributed by atoms with Gasteiger partial charge in [-0.15, -0.1) is 0 Å². The SMILES string of the molecule is CC1CC1c1ccc(C2C(CN)CCCN2C)o1. The van der Waals surface area contributed by atoms with Gasteiger partial charge >= 0.3 is 0 Å². The topological polar surface area (TPSA) is 42.4 Å². The molecule has 3 rings (SSSR count). The number of nitrogens with zero attached hydrogens (tertiary/aromatic N) is 1. The van der Waals surface area contributed by atoms with Crippen LogP contribution in [0.3, 0.4) is 0 Å². The minimum Gasteiger partial charge on any atom is -0.464 e. The van der Waals surface area contributed by atoms with Crippen LogP contribution in [0.2, 0.25) is 0 Å². The zero-order chi connectivity index (χ0) is 12.7. The van der Waals surface area contributed by atoms with Crippen molar-refractivity contribution in [1.82, 2.24) is 4.90 Å². The Hall–Kier alpha value is -0.800. The zero-order valence-electron chi connectivity index (χ0n) is 11.4. The standard InChI is InChI=1S/C15H24N2O/c1-10-8-12(10)13-5-6-14(18-13)15-11(9-16)4-3-7-17(15)2/h5-6,10-12,15H,3-4,7-9,16H2,1-2H3. The van der Waals surface area contributed by atoms with Crippen LogP contribution >= 0.6 is 0 Å². The Morgan fingerprint density at radius 3 is 2.78 bits per heavy atom. The molecular weight excluding hydrogens is 224 g/mol. The molecule has 1 saturated carbocycles. The van der Waals surface area contributed by atoms with E-state index < -0.39 is 0 Å². The summed E-state index contributed by atoms with van der Waals surface area (Å²) in [5.41, 5.74) is 5.93. The van der Waals surface area contributed by atoms with Crippen LogP contribution in [-0.2, 0) is 0 Å². The van der Waals surface area contributed by atoms with Crippen molar-refractivity contribution in [3.05, 3.63) is 23.7 Å². The highest BCUT2D eigenvalue weighted by atomic mass is 16.3. The van der Waals surface area contributed by atoms with Crippen molar-refractivity contribution in [2.45, 2.75) is 38.1 Å². The largest absolute Gasteiger partial charge is 0.464 e. The summed E-state index contributed by atoms with van der Waals surface area (Å²) < 4.78 is 6.12. The summed E-state index contributed by atoms with van der Waals surface area (Å²) in [6.45, 7) is 4.20. The van der Waals surface area contributed by atoms with Gasteiger partial charge in [-0.05, 0) is 63.4 Å². The van der Waals surface area contributed by atoms with Crippen LogP contribution < -0.4 is 5.73 Å². The summed E-state index contributed by atoms with van der Waals surface area (Å²) in [6, 6.07) is 4.74. The highest BCUT2D eigenvalue weighted by Crippen LogP contribution is 2.48. The van der Waals surface area contributed by atoms with E-state index in [-0.39, 0.29) is 0 Å². The third kappa shape index (κ3) is 2.10. The number of furan rings is 1. The van der Waals surface area contributed by atoms with Gasteiger partial charge in [0.15, 0.2) is 0 Å². The maximum Gasteiger partial charge on any atom is 0.121 e. The first-order valence-corrected chi connectivity index (χ1v) is 7.20. The van der Waals surface area contributed by atoms with Crippen molar-refractivity contribution in [1.29, 1.82) is 0 Å². The lowest BCUT2D eigenvalue weighted by Gasteiger charge is -2.37. The van der Waals surface area contributed by atoms with E-state index in [4.69, 9.17) is 10.2 Å². The molecule has 0 aromatic carbocycles. The number of hydrogen-bond donors (Lipinski definition) is 1. The van der Waals surface area contributed by atoms with Gasteiger partial charge in [0, 0.05) is 5.92 Å². The van der Waals surface area contributed by atoms with Gasteiger partial charge in [-0.25, -0.2) is 0 Å². The molecular formula is C15H24N2O. The average molecular weight is 248 g/mol. The van der Waals surface area contributed by atoms with Gasteiger partial charge < -0.3 is 10.2 Å². The van der Waals surface area contributed by atoms with Gasteiger partial charge in [-0.3, -0.25) is 4.90 Å². The zero-order valence-corrected chi connectivity index (χ0v) is 11.4. The quantitative estimate of drug-likeness (QED) is 0.894. The van der Waals surface area contributed by atoms with E-state index in [1.165, 1.54) is 25.0 Å². The molecule has 2 N–H and O–H groups in total. The summed E-state index contributed by atoms with van der Waals surface area (Å²) >= 11 is 0. The predicted molar refractivity (Wildman–Crippen MR) is 72.4 cm³/mol. The minimum atomic E-state index is 0.381. The van der Waals surface area contributed by atoms with Crippen LogP contribution in [0.5, 0.6) is 0 Å². The first-order valence-electron chi connectivity index (χ1n) is 7.20. The maximum atomic E-state index is 6.12. The minimum absolute atomic E-state index is 0.381. The van der Waals surface area contributed by atoms with Crippen LogP contribution in [0, 0.1) is 11.8 Å². The summed E-state index contributed by atoms with van der Waals surface area (Å²) in [6.07, 6.45) is 3.76. The molecule has 1 aromatic heterocycles. The second-order valence-electron chi connectivity index (χ2n) is 6.12. The Bertz CT molecular complexity index is 414. The first-order chi connectivity index (χ1) is 8.70. The Morgan fingerprint density at radius 2 is 2.11 bits per heavy atom. The third-order valence-corrected chi connectivity index (χ3v) is 4.72. The lowest BCUT2D eigenvalue weighted by Crippen LogP contribution is -2.39. The normalized spacial score (nSPS) is 36.8. The van der Waals surface area contributed by atoms with Crippen LogP contribution in [0.4, 0.5) is 0 Å². The van der Waals surface area contributed by atoms with Crippen LogP contribution in [0.1, 0.15) is 49.7 Å². The second-order valence-corrected chi connectivity index (χ2v) is 6.12. The molecule has 3 nitrogen and oxygen atoms in total. The summed E-state index contributed by atoms with van der Waals surface area (Å²) in [4.78, 5) is 2.40. The fraction of sp³-hybridized carbons (Fsp3) is 0.733. The molecule has 0 radical (unpaired) electrons. The Balaban J connectivity index is 1.80. The summed E-state index contributed by atoms with van der Waals surface area (Å²) in [5, 5.41) is 0. The number of piperidine rings is 1. The highest BCUT2D eigenvalue weighted by molar-refractivity contribution is 5.20. The first kappa shape index (κ1) is 12.2. The van der Waals surface area contributed by atoms with E-state index in [1.54, 1.807) is 0 Å². The van der Waals surface area contributed by atoms with Gasteiger partial charge in [0.05, 0.1) is 6.04 Å². The molecule has 3 heteroatoms. The third-order valence-electron chi connectivity index (χ3n) is 4.72. The van der Waals surface area contributed by atoms with Gasteiger partial charge in [0.1, 0.15) is 11.5 Å². The molecule has 1 aromatic rings. The smallest absolute Gasteiger partial charge is 0.121 e. The van der Waals surface area contributed by atoms with E-state index in [2.05, 4.69) is 31.0 Å². The highest BCUT2D eigenvalue weighted by Gasteiger charge is 2.38. The van der Waals surface area contributed by atoms with E-state index in [9.17, 15) is 0 Å². The molecule has 18 heavy (non-hydrogen) atoms. The molecule has 1 saturated heterocycles. The van der Waals surface area contributed by atoms with Crippen molar-refractivity contribution in [3.63, 3.8) is 0 Å². The Kier molecular flexibility index (Phi) is 3.20. The lowest BCUT2D eigenvalue weighted by molar-refractivity contribution is 0.105. The maximum absolute atomic E-state index is 6.12. The molecule has 4 atom stereocenters. The number of rotatable bonds is 3. The average Bonchev–Trinajstić information content (AvgIpc) is 2.91. The number of hydrogen-bond acceptors (Lipinski definition) is 3. The molecule has 100 valence electrons. The molecule has 0 bridgehead atoms. The van der Waals surface area contributed by atoms with E-state index in [1.807, 2.05) is 0 Å². The molecule has 2 fully saturated rings. The second kappa shape index (κ2) is 4.71. The van der Waals surface area contributed by atoms with Gasteiger partial charge in [-0.1, -0.05) is 6.92 Å². The summed E-state index contributed by atoms with van der Waals surface area (Å²) in [5.74, 6) is 4.33. The van der Waals surface area contributed by atoms with Crippen LogP contribution in [-0.4, -0.2) is 25.0 Å². The molecule has 1 aliphatic heterocycles. The molecule has 2 aliphatic rings. The van der Waals surface area contributed by atoms with Crippen molar-refractivity contribution in [2.75, 3.05) is 20.1 Å². The fourth-order valence-electron chi connectivity index (χ4n) is 3.40. The van der Waals surface area contributed by atoms with Gasteiger partial charge in [0.25, 0.3) is 0 Å². The van der Waals surface area contributed by atoms with E-state index >= 15 is 0 Å². The Morgan fingerprint density at radius 1 is 1.39 bits per heavy atom. The number of likely N-dealkylation sites (tertiary alicyclic amines) is 1. The molecule has 1 aliphatic carbocycles. The summed E-state index contributed by atoms with van der Waals surface area (Å²) in [7, 11) is 2.19. The molecule has 4 unspecified atom stereocenters. The molecule has 0 spiro atoms. The Labute approximate surface area is 109 Å². The van der Waals surface area contributed by atoms with Crippen molar-refractivity contribution in [3.8, 4) is 0 Å². The van der Waals surface area contributed by atoms with E-state index in [0.29, 0.717) is 17.9 Å². The van der Waals surface area contributed by atoms with E-state index in [0.717, 1.165) is 24.8 Å². The van der Waals surface area contributed by atoms with Gasteiger partial charge in [0.2, 0.25) is 0 Å².